The molecule has 0 bridgehead atoms. The Morgan fingerprint density at radius 3 is 2.42 bits per heavy atom. The van der Waals surface area contributed by atoms with Crippen LogP contribution in [0.1, 0.15) is 31.2 Å². The molecular formula is C23H25N3O4S. The van der Waals surface area contributed by atoms with Gasteiger partial charge in [-0.3, -0.25) is 4.79 Å². The minimum atomic E-state index is -3.68. The first-order valence-corrected chi connectivity index (χ1v) is 11.8. The normalized spacial score (nSPS) is 20.5. The Hall–Kier alpha value is -2.89. The van der Waals surface area contributed by atoms with Gasteiger partial charge in [0.1, 0.15) is 5.75 Å². The third-order valence-electron chi connectivity index (χ3n) is 6.12. The number of rotatable bonds is 6. The molecule has 1 saturated carbocycles. The topological polar surface area (TPSA) is 99.5 Å². The van der Waals surface area contributed by atoms with Gasteiger partial charge < -0.3 is 10.1 Å². The number of piperidine rings is 1. The molecule has 2 aliphatic rings. The molecule has 1 heterocycles. The molecule has 2 aromatic carbocycles. The summed E-state index contributed by atoms with van der Waals surface area (Å²) < 4.78 is 32.5. The van der Waals surface area contributed by atoms with Crippen molar-refractivity contribution in [2.24, 2.45) is 5.92 Å². The Labute approximate surface area is 182 Å². The van der Waals surface area contributed by atoms with Crippen LogP contribution >= 0.6 is 0 Å². The van der Waals surface area contributed by atoms with Gasteiger partial charge in [-0.2, -0.15) is 9.57 Å². The molecule has 0 radical (unpaired) electrons. The standard InChI is InChI=1S/C23H25N3O4S/c1-30-20-8-10-21(11-9-20)31(28,29)26-14-2-3-17(15-26)22(27)25-19-6-4-18(5-7-19)23(16-24)12-13-23/h4-11,17H,2-3,12-15H2,1H3,(H,25,27)/t17-/m0/s1. The maximum atomic E-state index is 13.0. The molecule has 1 aliphatic carbocycles. The molecule has 8 heteroatoms. The van der Waals surface area contributed by atoms with Gasteiger partial charge in [0.25, 0.3) is 0 Å². The number of carbonyl (C=O) groups excluding carboxylic acids is 1. The van der Waals surface area contributed by atoms with Crippen LogP contribution in [-0.4, -0.2) is 38.8 Å². The second-order valence-corrected chi connectivity index (χ2v) is 10.1. The SMILES string of the molecule is COc1ccc(S(=O)(=O)N2CCC[C@H](C(=O)Nc3ccc(C4(C#N)CC4)cc3)C2)cc1. The molecule has 0 spiro atoms. The summed E-state index contributed by atoms with van der Waals surface area (Å²) in [6.45, 7) is 0.541. The van der Waals surface area contributed by atoms with Crippen molar-refractivity contribution in [3.05, 3.63) is 54.1 Å². The number of amides is 1. The maximum Gasteiger partial charge on any atom is 0.243 e. The first-order valence-electron chi connectivity index (χ1n) is 10.3. The Morgan fingerprint density at radius 1 is 1.16 bits per heavy atom. The van der Waals surface area contributed by atoms with E-state index in [4.69, 9.17) is 4.74 Å². The van der Waals surface area contributed by atoms with Crippen LogP contribution in [-0.2, 0) is 20.2 Å². The fourth-order valence-electron chi connectivity index (χ4n) is 3.98. The van der Waals surface area contributed by atoms with Crippen LogP contribution < -0.4 is 10.1 Å². The van der Waals surface area contributed by atoms with Crippen molar-refractivity contribution >= 4 is 21.6 Å². The van der Waals surface area contributed by atoms with Crippen molar-refractivity contribution in [1.29, 1.82) is 5.26 Å². The van der Waals surface area contributed by atoms with E-state index in [1.165, 1.54) is 23.5 Å². The van der Waals surface area contributed by atoms with Gasteiger partial charge in [0.2, 0.25) is 15.9 Å². The number of nitrogens with one attached hydrogen (secondary N) is 1. The largest absolute Gasteiger partial charge is 0.497 e. The molecule has 2 fully saturated rings. The molecule has 31 heavy (non-hydrogen) atoms. The van der Waals surface area contributed by atoms with Crippen molar-refractivity contribution in [1.82, 2.24) is 4.31 Å². The zero-order chi connectivity index (χ0) is 22.1. The van der Waals surface area contributed by atoms with E-state index in [1.54, 1.807) is 24.3 Å². The van der Waals surface area contributed by atoms with Crippen LogP contribution in [0.5, 0.6) is 5.75 Å². The molecule has 1 atom stereocenters. The van der Waals surface area contributed by atoms with E-state index in [-0.39, 0.29) is 22.8 Å². The lowest BCUT2D eigenvalue weighted by molar-refractivity contribution is -0.120. The monoisotopic (exact) mass is 439 g/mol. The molecule has 1 aliphatic heterocycles. The number of anilines is 1. The highest BCUT2D eigenvalue weighted by Gasteiger charge is 2.44. The van der Waals surface area contributed by atoms with Crippen molar-refractivity contribution in [3.63, 3.8) is 0 Å². The van der Waals surface area contributed by atoms with Crippen LogP contribution in [0.25, 0.3) is 0 Å². The number of nitriles is 1. The highest BCUT2D eigenvalue weighted by Crippen LogP contribution is 2.47. The van der Waals surface area contributed by atoms with Crippen molar-refractivity contribution in [2.45, 2.75) is 36.0 Å². The fraction of sp³-hybridized carbons (Fsp3) is 0.391. The van der Waals surface area contributed by atoms with Crippen molar-refractivity contribution in [2.75, 3.05) is 25.5 Å². The smallest absolute Gasteiger partial charge is 0.243 e. The molecule has 0 unspecified atom stereocenters. The Balaban J connectivity index is 1.42. The average molecular weight is 440 g/mol. The van der Waals surface area contributed by atoms with Gasteiger partial charge >= 0.3 is 0 Å². The third kappa shape index (κ3) is 4.29. The number of hydrogen-bond donors (Lipinski definition) is 1. The van der Waals surface area contributed by atoms with Gasteiger partial charge in [0.15, 0.2) is 0 Å². The Kier molecular flexibility index (Phi) is 5.73. The third-order valence-corrected chi connectivity index (χ3v) is 8.00. The second kappa shape index (κ2) is 8.33. The van der Waals surface area contributed by atoms with E-state index in [0.29, 0.717) is 30.8 Å². The van der Waals surface area contributed by atoms with Crippen molar-refractivity contribution in [3.8, 4) is 11.8 Å². The van der Waals surface area contributed by atoms with Gasteiger partial charge in [-0.05, 0) is 67.6 Å². The molecule has 162 valence electrons. The highest BCUT2D eigenvalue weighted by atomic mass is 32.2. The Bertz CT molecular complexity index is 1100. The summed E-state index contributed by atoms with van der Waals surface area (Å²) in [4.78, 5) is 13.0. The van der Waals surface area contributed by atoms with E-state index in [2.05, 4.69) is 11.4 Å². The summed E-state index contributed by atoms with van der Waals surface area (Å²) in [6, 6.07) is 16.0. The fourth-order valence-corrected chi connectivity index (χ4v) is 5.50. The second-order valence-electron chi connectivity index (χ2n) is 8.14. The predicted octanol–water partition coefficient (Wildman–Crippen LogP) is 3.29. The number of methoxy groups -OCH3 is 1. The molecule has 1 saturated heterocycles. The van der Waals surface area contributed by atoms with E-state index in [9.17, 15) is 18.5 Å². The van der Waals surface area contributed by atoms with E-state index < -0.39 is 15.9 Å². The zero-order valence-corrected chi connectivity index (χ0v) is 18.2. The van der Waals surface area contributed by atoms with Crippen LogP contribution in [0.2, 0.25) is 0 Å². The van der Waals surface area contributed by atoms with Gasteiger partial charge in [0, 0.05) is 18.8 Å². The summed E-state index contributed by atoms with van der Waals surface area (Å²) in [6.07, 6.45) is 3.00. The lowest BCUT2D eigenvalue weighted by Gasteiger charge is -2.31. The first-order chi connectivity index (χ1) is 14.9. The van der Waals surface area contributed by atoms with E-state index >= 15 is 0 Å². The number of sulfonamides is 1. The molecule has 1 N–H and O–H groups in total. The molecule has 0 aromatic heterocycles. The summed E-state index contributed by atoms with van der Waals surface area (Å²) in [7, 11) is -2.15. The molecule has 1 amide bonds. The quantitative estimate of drug-likeness (QED) is 0.745. The Morgan fingerprint density at radius 2 is 1.84 bits per heavy atom. The minimum Gasteiger partial charge on any atom is -0.497 e. The average Bonchev–Trinajstić information content (AvgIpc) is 3.61. The van der Waals surface area contributed by atoms with Gasteiger partial charge in [-0.25, -0.2) is 8.42 Å². The minimum absolute atomic E-state index is 0.149. The number of nitrogens with zero attached hydrogens (tertiary/aromatic N) is 2. The number of carbonyl (C=O) groups is 1. The predicted molar refractivity (Wildman–Crippen MR) is 116 cm³/mol. The summed E-state index contributed by atoms with van der Waals surface area (Å²) in [5.41, 5.74) is 1.27. The lowest BCUT2D eigenvalue weighted by Crippen LogP contribution is -2.43. The van der Waals surface area contributed by atoms with E-state index in [0.717, 1.165) is 18.4 Å². The lowest BCUT2D eigenvalue weighted by atomic mass is 9.97. The van der Waals surface area contributed by atoms with Crippen LogP contribution in [0, 0.1) is 17.2 Å². The van der Waals surface area contributed by atoms with Crippen molar-refractivity contribution < 1.29 is 17.9 Å². The maximum absolute atomic E-state index is 13.0. The zero-order valence-electron chi connectivity index (χ0n) is 17.4. The molecular weight excluding hydrogens is 414 g/mol. The molecule has 7 nitrogen and oxygen atoms in total. The van der Waals surface area contributed by atoms with Crippen LogP contribution in [0.15, 0.2) is 53.4 Å². The first kappa shape index (κ1) is 21.3. The van der Waals surface area contributed by atoms with E-state index in [1.807, 2.05) is 12.1 Å². The van der Waals surface area contributed by atoms with Crippen LogP contribution in [0.3, 0.4) is 0 Å². The highest BCUT2D eigenvalue weighted by molar-refractivity contribution is 7.89. The van der Waals surface area contributed by atoms with Gasteiger partial charge in [-0.1, -0.05) is 12.1 Å². The number of benzene rings is 2. The summed E-state index contributed by atoms with van der Waals surface area (Å²) in [5.74, 6) is -0.0256. The van der Waals surface area contributed by atoms with Crippen LogP contribution in [0.4, 0.5) is 5.69 Å². The summed E-state index contributed by atoms with van der Waals surface area (Å²) >= 11 is 0. The molecule has 2 aromatic rings. The number of ether oxygens (including phenoxy) is 1. The van der Waals surface area contributed by atoms with Gasteiger partial charge in [0.05, 0.1) is 29.4 Å². The summed E-state index contributed by atoms with van der Waals surface area (Å²) in [5, 5.41) is 12.2. The number of hydrogen-bond acceptors (Lipinski definition) is 5. The molecule has 4 rings (SSSR count). The van der Waals surface area contributed by atoms with Gasteiger partial charge in [-0.15, -0.1) is 0 Å².